The summed E-state index contributed by atoms with van der Waals surface area (Å²) in [6.45, 7) is 0.460. The predicted molar refractivity (Wildman–Crippen MR) is 63.0 cm³/mol. The van der Waals surface area contributed by atoms with Crippen molar-refractivity contribution >= 4 is 17.6 Å². The summed E-state index contributed by atoms with van der Waals surface area (Å²) in [4.78, 5) is 21.3. The van der Waals surface area contributed by atoms with E-state index in [0.29, 0.717) is 6.54 Å². The van der Waals surface area contributed by atoms with E-state index in [4.69, 9.17) is 5.11 Å². The Hall–Kier alpha value is -2.30. The highest BCUT2D eigenvalue weighted by Gasteiger charge is 2.00. The van der Waals surface area contributed by atoms with Gasteiger partial charge in [-0.05, 0) is 24.3 Å². The summed E-state index contributed by atoms with van der Waals surface area (Å²) in [6, 6.07) is 6.34. The lowest BCUT2D eigenvalue weighted by Gasteiger charge is -2.03. The average Bonchev–Trinajstić information content (AvgIpc) is 2.34. The molecule has 0 spiro atoms. The van der Waals surface area contributed by atoms with Gasteiger partial charge in [0.15, 0.2) is 0 Å². The molecule has 0 bridgehead atoms. The van der Waals surface area contributed by atoms with Crippen molar-refractivity contribution in [2.24, 2.45) is 0 Å². The molecule has 17 heavy (non-hydrogen) atoms. The number of nitrogens with one attached hydrogen (secondary N) is 1. The summed E-state index contributed by atoms with van der Waals surface area (Å²) < 4.78 is 4.43. The van der Waals surface area contributed by atoms with Gasteiger partial charge in [-0.1, -0.05) is 6.08 Å². The van der Waals surface area contributed by atoms with Crippen molar-refractivity contribution in [3.05, 3.63) is 42.0 Å². The normalized spacial score (nSPS) is 10.2. The third-order valence-electron chi connectivity index (χ3n) is 2.01. The molecule has 0 fully saturated rings. The molecule has 0 unspecified atom stereocenters. The van der Waals surface area contributed by atoms with E-state index in [1.807, 2.05) is 0 Å². The first-order valence-electron chi connectivity index (χ1n) is 4.95. The van der Waals surface area contributed by atoms with Gasteiger partial charge in [0.2, 0.25) is 0 Å². The first-order chi connectivity index (χ1) is 8.13. The first-order valence-corrected chi connectivity index (χ1v) is 4.95. The molecule has 0 saturated heterocycles. The Balaban J connectivity index is 2.45. The third-order valence-corrected chi connectivity index (χ3v) is 2.01. The van der Waals surface area contributed by atoms with E-state index in [0.717, 1.165) is 5.69 Å². The van der Waals surface area contributed by atoms with Gasteiger partial charge in [-0.15, -0.1) is 0 Å². The lowest BCUT2D eigenvalue weighted by Crippen LogP contribution is -2.01. The van der Waals surface area contributed by atoms with Crippen LogP contribution in [0.4, 0.5) is 5.69 Å². The van der Waals surface area contributed by atoms with Crippen molar-refractivity contribution in [1.82, 2.24) is 0 Å². The number of benzene rings is 1. The molecule has 0 aliphatic rings. The Labute approximate surface area is 98.7 Å². The molecule has 5 heteroatoms. The van der Waals surface area contributed by atoms with Gasteiger partial charge in [0.1, 0.15) is 0 Å². The fourth-order valence-electron chi connectivity index (χ4n) is 1.13. The number of hydrogen-bond acceptors (Lipinski definition) is 4. The Morgan fingerprint density at radius 3 is 2.53 bits per heavy atom. The van der Waals surface area contributed by atoms with Crippen LogP contribution < -0.4 is 5.32 Å². The van der Waals surface area contributed by atoms with E-state index in [1.54, 1.807) is 18.2 Å². The monoisotopic (exact) mass is 235 g/mol. The molecule has 90 valence electrons. The highest BCUT2D eigenvalue weighted by molar-refractivity contribution is 5.88. The van der Waals surface area contributed by atoms with Crippen molar-refractivity contribution in [1.29, 1.82) is 0 Å². The van der Waals surface area contributed by atoms with Crippen LogP contribution in [0.15, 0.2) is 36.4 Å². The zero-order chi connectivity index (χ0) is 12.7. The maximum Gasteiger partial charge on any atom is 0.335 e. The molecule has 1 aromatic carbocycles. The second-order valence-corrected chi connectivity index (χ2v) is 3.19. The minimum atomic E-state index is -0.956. The molecular weight excluding hydrogens is 222 g/mol. The van der Waals surface area contributed by atoms with Gasteiger partial charge in [0, 0.05) is 18.3 Å². The molecule has 1 rings (SSSR count). The van der Waals surface area contributed by atoms with E-state index in [2.05, 4.69) is 10.1 Å². The third kappa shape index (κ3) is 4.38. The highest BCUT2D eigenvalue weighted by atomic mass is 16.5. The number of carbonyl (C=O) groups excluding carboxylic acids is 1. The van der Waals surface area contributed by atoms with Gasteiger partial charge in [-0.3, -0.25) is 0 Å². The Bertz CT molecular complexity index is 423. The van der Waals surface area contributed by atoms with E-state index in [-0.39, 0.29) is 5.56 Å². The second kappa shape index (κ2) is 6.32. The second-order valence-electron chi connectivity index (χ2n) is 3.19. The molecule has 0 aliphatic carbocycles. The molecule has 0 aromatic heterocycles. The van der Waals surface area contributed by atoms with Crippen LogP contribution in [-0.2, 0) is 9.53 Å². The largest absolute Gasteiger partial charge is 0.478 e. The van der Waals surface area contributed by atoms with E-state index in [1.165, 1.54) is 25.3 Å². The Morgan fingerprint density at radius 1 is 1.35 bits per heavy atom. The highest BCUT2D eigenvalue weighted by Crippen LogP contribution is 2.08. The molecule has 0 radical (unpaired) electrons. The number of carbonyl (C=O) groups is 2. The summed E-state index contributed by atoms with van der Waals surface area (Å²) in [5, 5.41) is 11.7. The van der Waals surface area contributed by atoms with Crippen molar-refractivity contribution in [2.75, 3.05) is 19.0 Å². The number of hydrogen-bond donors (Lipinski definition) is 2. The molecule has 0 heterocycles. The number of aromatic carboxylic acids is 1. The number of ether oxygens (including phenoxy) is 1. The van der Waals surface area contributed by atoms with Crippen molar-refractivity contribution in [3.8, 4) is 0 Å². The number of methoxy groups -OCH3 is 1. The van der Waals surface area contributed by atoms with Crippen LogP contribution in [-0.4, -0.2) is 30.7 Å². The van der Waals surface area contributed by atoms with Crippen molar-refractivity contribution in [2.45, 2.75) is 0 Å². The van der Waals surface area contributed by atoms with Gasteiger partial charge in [0.05, 0.1) is 12.7 Å². The maximum atomic E-state index is 10.7. The van der Waals surface area contributed by atoms with Crippen molar-refractivity contribution in [3.63, 3.8) is 0 Å². The van der Waals surface area contributed by atoms with Crippen LogP contribution in [0.3, 0.4) is 0 Å². The Morgan fingerprint density at radius 2 is 2.00 bits per heavy atom. The van der Waals surface area contributed by atoms with Crippen LogP contribution in [0.1, 0.15) is 10.4 Å². The topological polar surface area (TPSA) is 75.6 Å². The molecule has 0 amide bonds. The number of anilines is 1. The Kier molecular flexibility index (Phi) is 4.75. The smallest absolute Gasteiger partial charge is 0.335 e. The molecule has 0 atom stereocenters. The fourth-order valence-corrected chi connectivity index (χ4v) is 1.13. The summed E-state index contributed by atoms with van der Waals surface area (Å²) in [5.41, 5.74) is 1.02. The van der Waals surface area contributed by atoms with Gasteiger partial charge >= 0.3 is 11.9 Å². The lowest BCUT2D eigenvalue weighted by molar-refractivity contribution is -0.134. The molecule has 1 aromatic rings. The van der Waals surface area contributed by atoms with Crippen molar-refractivity contribution < 1.29 is 19.4 Å². The van der Waals surface area contributed by atoms with Crippen LogP contribution in [0, 0.1) is 0 Å². The summed E-state index contributed by atoms with van der Waals surface area (Å²) in [6.07, 6.45) is 2.94. The minimum Gasteiger partial charge on any atom is -0.478 e. The van der Waals surface area contributed by atoms with Crippen LogP contribution in [0.5, 0.6) is 0 Å². The number of esters is 1. The quantitative estimate of drug-likeness (QED) is 0.598. The predicted octanol–water partition coefficient (Wildman–Crippen LogP) is 1.53. The van der Waals surface area contributed by atoms with Crippen LogP contribution in [0.25, 0.3) is 0 Å². The van der Waals surface area contributed by atoms with Gasteiger partial charge < -0.3 is 15.2 Å². The standard InChI is InChI=1S/C12H13NO4/c1-17-11(14)3-2-8-13-10-6-4-9(5-7-10)12(15)16/h2-7,13H,8H2,1H3,(H,15,16)/b3-2+. The number of carboxylic acid groups (broad SMARTS) is 1. The summed E-state index contributed by atoms with van der Waals surface area (Å²) in [7, 11) is 1.31. The van der Waals surface area contributed by atoms with E-state index < -0.39 is 11.9 Å². The van der Waals surface area contributed by atoms with Gasteiger partial charge in [-0.2, -0.15) is 0 Å². The fraction of sp³-hybridized carbons (Fsp3) is 0.167. The summed E-state index contributed by atoms with van der Waals surface area (Å²) in [5.74, 6) is -1.37. The molecule has 5 nitrogen and oxygen atoms in total. The van der Waals surface area contributed by atoms with Gasteiger partial charge in [-0.25, -0.2) is 9.59 Å². The van der Waals surface area contributed by atoms with E-state index >= 15 is 0 Å². The molecule has 0 saturated carbocycles. The van der Waals surface area contributed by atoms with Crippen LogP contribution in [0.2, 0.25) is 0 Å². The van der Waals surface area contributed by atoms with Crippen LogP contribution >= 0.6 is 0 Å². The number of carboxylic acids is 1. The zero-order valence-electron chi connectivity index (χ0n) is 9.34. The first kappa shape index (κ1) is 12.8. The zero-order valence-corrected chi connectivity index (χ0v) is 9.34. The maximum absolute atomic E-state index is 10.7. The minimum absolute atomic E-state index is 0.237. The van der Waals surface area contributed by atoms with E-state index in [9.17, 15) is 9.59 Å². The SMILES string of the molecule is COC(=O)/C=C/CNc1ccc(C(=O)O)cc1. The summed E-state index contributed by atoms with van der Waals surface area (Å²) >= 11 is 0. The average molecular weight is 235 g/mol. The number of rotatable bonds is 5. The molecule has 2 N–H and O–H groups in total. The van der Waals surface area contributed by atoms with Gasteiger partial charge in [0.25, 0.3) is 0 Å². The molecule has 0 aliphatic heterocycles. The molecular formula is C12H13NO4. The lowest BCUT2D eigenvalue weighted by atomic mass is 10.2.